The van der Waals surface area contributed by atoms with E-state index in [9.17, 15) is 13.2 Å². The highest BCUT2D eigenvalue weighted by Crippen LogP contribution is 2.34. The molecule has 1 N–H and O–H groups in total. The predicted molar refractivity (Wildman–Crippen MR) is 121 cm³/mol. The molecule has 0 spiro atoms. The van der Waals surface area contributed by atoms with Crippen LogP contribution in [0.2, 0.25) is 0 Å². The van der Waals surface area contributed by atoms with E-state index in [-0.39, 0.29) is 4.88 Å². The molecule has 1 atom stereocenters. The van der Waals surface area contributed by atoms with E-state index in [0.717, 1.165) is 66.1 Å². The standard InChI is InChI=1S/C22H23F3N6S/c1-30-12-17-18(5-2-6-19(17)29-30)28-14-4-3-8-31(9-7-14)20-16-10-15(11-22(23,24)25)32-21(16)27-13-26-20/h2,5-6,10,12-14,28H,3-4,7-9,11H2,1H3/t14-/m1/s1. The van der Waals surface area contributed by atoms with Crippen LogP contribution in [-0.2, 0) is 13.5 Å². The summed E-state index contributed by atoms with van der Waals surface area (Å²) in [5.41, 5.74) is 2.04. The van der Waals surface area contributed by atoms with Crippen LogP contribution in [0.3, 0.4) is 0 Å². The SMILES string of the molecule is Cn1cc2c(N[C@@H]3CCCN(c4ncnc5sc(CC(F)(F)F)cc45)CC3)cccc2n1. The fraction of sp³-hybridized carbons (Fsp3) is 0.409. The molecule has 0 unspecified atom stereocenters. The summed E-state index contributed by atoms with van der Waals surface area (Å²) >= 11 is 1.09. The van der Waals surface area contributed by atoms with Gasteiger partial charge in [-0.15, -0.1) is 11.3 Å². The minimum Gasteiger partial charge on any atom is -0.382 e. The summed E-state index contributed by atoms with van der Waals surface area (Å²) in [5, 5.41) is 9.97. The number of nitrogens with zero attached hydrogens (tertiary/aromatic N) is 5. The molecule has 0 aliphatic carbocycles. The Morgan fingerprint density at radius 1 is 1.16 bits per heavy atom. The first-order valence-corrected chi connectivity index (χ1v) is 11.4. The first kappa shape index (κ1) is 21.0. The van der Waals surface area contributed by atoms with Crippen molar-refractivity contribution in [2.45, 2.75) is 37.9 Å². The zero-order valence-electron chi connectivity index (χ0n) is 17.6. The predicted octanol–water partition coefficient (Wildman–Crippen LogP) is 5.15. The van der Waals surface area contributed by atoms with Crippen LogP contribution >= 0.6 is 11.3 Å². The lowest BCUT2D eigenvalue weighted by Gasteiger charge is -2.22. The molecule has 4 heterocycles. The number of aryl methyl sites for hydroxylation is 1. The van der Waals surface area contributed by atoms with Gasteiger partial charge in [-0.1, -0.05) is 6.07 Å². The number of fused-ring (bicyclic) bond motifs is 2. The van der Waals surface area contributed by atoms with Gasteiger partial charge in [-0.25, -0.2) is 9.97 Å². The fourth-order valence-electron chi connectivity index (χ4n) is 4.39. The zero-order valence-corrected chi connectivity index (χ0v) is 18.4. The van der Waals surface area contributed by atoms with E-state index in [0.29, 0.717) is 16.3 Å². The third kappa shape index (κ3) is 4.36. The van der Waals surface area contributed by atoms with E-state index < -0.39 is 12.6 Å². The van der Waals surface area contributed by atoms with E-state index >= 15 is 0 Å². The molecule has 3 aromatic heterocycles. The Morgan fingerprint density at radius 3 is 2.88 bits per heavy atom. The van der Waals surface area contributed by atoms with Crippen LogP contribution in [0, 0.1) is 0 Å². The van der Waals surface area contributed by atoms with E-state index in [2.05, 4.69) is 31.3 Å². The van der Waals surface area contributed by atoms with Gasteiger partial charge in [0.15, 0.2) is 0 Å². The lowest BCUT2D eigenvalue weighted by atomic mass is 10.1. The summed E-state index contributed by atoms with van der Waals surface area (Å²) in [4.78, 5) is 11.7. The van der Waals surface area contributed by atoms with E-state index in [4.69, 9.17) is 0 Å². The molecule has 1 fully saturated rings. The van der Waals surface area contributed by atoms with Gasteiger partial charge >= 0.3 is 6.18 Å². The van der Waals surface area contributed by atoms with Gasteiger partial charge in [-0.3, -0.25) is 4.68 Å². The van der Waals surface area contributed by atoms with E-state index in [1.165, 1.54) is 6.33 Å². The molecule has 5 rings (SSSR count). The largest absolute Gasteiger partial charge is 0.393 e. The maximum Gasteiger partial charge on any atom is 0.393 e. The van der Waals surface area contributed by atoms with Gasteiger partial charge in [-0.05, 0) is 37.5 Å². The van der Waals surface area contributed by atoms with Crippen molar-refractivity contribution in [1.82, 2.24) is 19.7 Å². The molecule has 0 bridgehead atoms. The van der Waals surface area contributed by atoms with Gasteiger partial charge < -0.3 is 10.2 Å². The summed E-state index contributed by atoms with van der Waals surface area (Å²) in [6.07, 6.45) is 1.19. The Morgan fingerprint density at radius 2 is 2.03 bits per heavy atom. The van der Waals surface area contributed by atoms with Crippen molar-refractivity contribution < 1.29 is 13.2 Å². The molecule has 0 saturated carbocycles. The minimum atomic E-state index is -4.23. The third-order valence-corrected chi connectivity index (χ3v) is 6.83. The average molecular weight is 461 g/mol. The average Bonchev–Trinajstić information content (AvgIpc) is 3.22. The molecule has 0 radical (unpaired) electrons. The molecule has 1 aliphatic rings. The van der Waals surface area contributed by atoms with Gasteiger partial charge in [0.25, 0.3) is 0 Å². The molecule has 4 aromatic rings. The smallest absolute Gasteiger partial charge is 0.382 e. The Labute approximate surface area is 187 Å². The summed E-state index contributed by atoms with van der Waals surface area (Å²) in [5.74, 6) is 0.731. The van der Waals surface area contributed by atoms with Crippen molar-refractivity contribution in [2.75, 3.05) is 23.3 Å². The third-order valence-electron chi connectivity index (χ3n) is 5.79. The van der Waals surface area contributed by atoms with Crippen LogP contribution < -0.4 is 10.2 Å². The minimum absolute atomic E-state index is 0.271. The number of nitrogens with one attached hydrogen (secondary N) is 1. The molecule has 1 aliphatic heterocycles. The molecule has 10 heteroatoms. The second-order valence-corrected chi connectivity index (χ2v) is 9.34. The van der Waals surface area contributed by atoms with Gasteiger partial charge in [0, 0.05) is 48.3 Å². The van der Waals surface area contributed by atoms with Crippen LogP contribution in [0.15, 0.2) is 36.8 Å². The normalized spacial score (nSPS) is 17.8. The van der Waals surface area contributed by atoms with Crippen molar-refractivity contribution in [2.24, 2.45) is 7.05 Å². The number of alkyl halides is 3. The molecule has 1 aromatic carbocycles. The molecular formula is C22H23F3N6S. The highest BCUT2D eigenvalue weighted by atomic mass is 32.1. The zero-order chi connectivity index (χ0) is 22.3. The van der Waals surface area contributed by atoms with Crippen LogP contribution in [0.25, 0.3) is 21.1 Å². The van der Waals surface area contributed by atoms with Gasteiger partial charge in [-0.2, -0.15) is 18.3 Å². The van der Waals surface area contributed by atoms with Crippen LogP contribution in [0.5, 0.6) is 0 Å². The molecule has 32 heavy (non-hydrogen) atoms. The lowest BCUT2D eigenvalue weighted by Crippen LogP contribution is -2.27. The van der Waals surface area contributed by atoms with Crippen molar-refractivity contribution in [3.63, 3.8) is 0 Å². The number of thiophene rings is 1. The Bertz CT molecular complexity index is 1250. The maximum atomic E-state index is 12.8. The fourth-order valence-corrected chi connectivity index (χ4v) is 5.41. The van der Waals surface area contributed by atoms with Crippen LogP contribution in [0.1, 0.15) is 24.1 Å². The highest BCUT2D eigenvalue weighted by Gasteiger charge is 2.29. The Hall–Kier alpha value is -2.88. The summed E-state index contributed by atoms with van der Waals surface area (Å²) in [6.45, 7) is 1.59. The quantitative estimate of drug-likeness (QED) is 0.456. The van der Waals surface area contributed by atoms with Gasteiger partial charge in [0.05, 0.1) is 17.3 Å². The van der Waals surface area contributed by atoms with Crippen molar-refractivity contribution in [3.8, 4) is 0 Å². The second kappa shape index (κ2) is 8.23. The number of halogens is 3. The highest BCUT2D eigenvalue weighted by molar-refractivity contribution is 7.18. The van der Waals surface area contributed by atoms with E-state index in [1.54, 1.807) is 6.07 Å². The first-order chi connectivity index (χ1) is 15.4. The van der Waals surface area contributed by atoms with E-state index in [1.807, 2.05) is 30.1 Å². The number of hydrogen-bond donors (Lipinski definition) is 1. The molecular weight excluding hydrogens is 437 g/mol. The Kier molecular flexibility index (Phi) is 5.40. The topological polar surface area (TPSA) is 58.9 Å². The van der Waals surface area contributed by atoms with Crippen LogP contribution in [0.4, 0.5) is 24.7 Å². The number of hydrogen-bond acceptors (Lipinski definition) is 6. The molecule has 1 saturated heterocycles. The number of rotatable bonds is 4. The second-order valence-electron chi connectivity index (χ2n) is 8.22. The lowest BCUT2D eigenvalue weighted by molar-refractivity contribution is -0.126. The monoisotopic (exact) mass is 460 g/mol. The maximum absolute atomic E-state index is 12.8. The molecule has 0 amide bonds. The van der Waals surface area contributed by atoms with Crippen molar-refractivity contribution >= 4 is 44.0 Å². The van der Waals surface area contributed by atoms with Gasteiger partial charge in [0.2, 0.25) is 0 Å². The first-order valence-electron chi connectivity index (χ1n) is 10.6. The van der Waals surface area contributed by atoms with Crippen molar-refractivity contribution in [3.05, 3.63) is 41.7 Å². The molecule has 6 nitrogen and oxygen atoms in total. The van der Waals surface area contributed by atoms with Crippen LogP contribution in [-0.4, -0.2) is 45.1 Å². The Balaban J connectivity index is 1.33. The molecule has 168 valence electrons. The summed E-state index contributed by atoms with van der Waals surface area (Å²) in [6, 6.07) is 7.99. The number of benzene rings is 1. The summed E-state index contributed by atoms with van der Waals surface area (Å²) < 4.78 is 40.4. The summed E-state index contributed by atoms with van der Waals surface area (Å²) in [7, 11) is 1.92. The number of anilines is 2. The van der Waals surface area contributed by atoms with Crippen molar-refractivity contribution in [1.29, 1.82) is 0 Å². The number of aromatic nitrogens is 4. The van der Waals surface area contributed by atoms with Gasteiger partial charge in [0.1, 0.15) is 17.0 Å².